The number of nitrogens with one attached hydrogen (secondary N) is 1. The Balaban J connectivity index is 1.70. The van der Waals surface area contributed by atoms with Crippen LogP contribution < -0.4 is 5.32 Å². The van der Waals surface area contributed by atoms with Crippen molar-refractivity contribution in [3.8, 4) is 0 Å². The highest BCUT2D eigenvalue weighted by molar-refractivity contribution is 5.22. The zero-order valence-electron chi connectivity index (χ0n) is 11.8. The molecule has 1 aromatic carbocycles. The van der Waals surface area contributed by atoms with Gasteiger partial charge in [-0.05, 0) is 30.0 Å². The van der Waals surface area contributed by atoms with Crippen molar-refractivity contribution < 1.29 is 0 Å². The first-order chi connectivity index (χ1) is 9.28. The Labute approximate surface area is 115 Å². The summed E-state index contributed by atoms with van der Waals surface area (Å²) in [5.74, 6) is 0.601. The highest BCUT2D eigenvalue weighted by Crippen LogP contribution is 2.05. The number of nitrogens with zero attached hydrogens (tertiary/aromatic N) is 2. The molecule has 0 bridgehead atoms. The van der Waals surface area contributed by atoms with E-state index in [1.165, 1.54) is 11.1 Å². The van der Waals surface area contributed by atoms with Crippen molar-refractivity contribution in [1.82, 2.24) is 14.9 Å². The molecule has 0 aliphatic rings. The summed E-state index contributed by atoms with van der Waals surface area (Å²) in [5, 5.41) is 3.52. The third-order valence-corrected chi connectivity index (χ3v) is 3.33. The van der Waals surface area contributed by atoms with Crippen LogP contribution in [0.2, 0.25) is 0 Å². The lowest BCUT2D eigenvalue weighted by Gasteiger charge is -2.13. The molecule has 1 aromatic heterocycles. The second-order valence-corrected chi connectivity index (χ2v) is 5.17. The molecule has 1 N–H and O–H groups in total. The molecular formula is C16H23N3. The lowest BCUT2D eigenvalue weighted by atomic mass is 10.1. The minimum Gasteiger partial charge on any atom is -0.337 e. The van der Waals surface area contributed by atoms with Crippen LogP contribution in [0, 0.1) is 5.92 Å². The second-order valence-electron chi connectivity index (χ2n) is 5.17. The van der Waals surface area contributed by atoms with Gasteiger partial charge in [-0.2, -0.15) is 0 Å². The zero-order valence-corrected chi connectivity index (χ0v) is 11.8. The minimum absolute atomic E-state index is 0.601. The molecule has 19 heavy (non-hydrogen) atoms. The van der Waals surface area contributed by atoms with Crippen LogP contribution >= 0.6 is 0 Å². The predicted octanol–water partition coefficient (Wildman–Crippen LogP) is 2.87. The second kappa shape index (κ2) is 7.10. The third-order valence-electron chi connectivity index (χ3n) is 3.33. The maximum absolute atomic E-state index is 4.06. The van der Waals surface area contributed by atoms with E-state index in [-0.39, 0.29) is 0 Å². The number of aromatic nitrogens is 2. The van der Waals surface area contributed by atoms with E-state index >= 15 is 0 Å². The number of benzene rings is 1. The van der Waals surface area contributed by atoms with Gasteiger partial charge in [-0.3, -0.25) is 0 Å². The molecule has 102 valence electrons. The Morgan fingerprint density at radius 3 is 2.58 bits per heavy atom. The molecule has 1 heterocycles. The quantitative estimate of drug-likeness (QED) is 0.826. The van der Waals surface area contributed by atoms with E-state index in [1.807, 2.05) is 18.7 Å². The van der Waals surface area contributed by atoms with Crippen molar-refractivity contribution in [2.75, 3.05) is 6.54 Å². The normalized spacial score (nSPS) is 12.5. The van der Waals surface area contributed by atoms with Gasteiger partial charge in [-0.15, -0.1) is 0 Å². The van der Waals surface area contributed by atoms with Crippen molar-refractivity contribution >= 4 is 0 Å². The van der Waals surface area contributed by atoms with Crippen molar-refractivity contribution in [3.05, 3.63) is 54.1 Å². The van der Waals surface area contributed by atoms with Crippen molar-refractivity contribution in [2.24, 2.45) is 5.92 Å². The van der Waals surface area contributed by atoms with E-state index in [1.54, 1.807) is 0 Å². The molecule has 0 aliphatic heterocycles. The van der Waals surface area contributed by atoms with Gasteiger partial charge < -0.3 is 9.88 Å². The van der Waals surface area contributed by atoms with Crippen LogP contribution in [0.25, 0.3) is 0 Å². The molecule has 3 heteroatoms. The summed E-state index contributed by atoms with van der Waals surface area (Å²) in [4.78, 5) is 4.06. The summed E-state index contributed by atoms with van der Waals surface area (Å²) in [5.41, 5.74) is 2.75. The first-order valence-electron chi connectivity index (χ1n) is 7.02. The summed E-state index contributed by atoms with van der Waals surface area (Å²) in [6, 6.07) is 8.86. The van der Waals surface area contributed by atoms with Crippen LogP contribution in [0.1, 0.15) is 25.0 Å². The SMILES string of the molecule is CCc1ccc(CNCC(C)Cn2ccnc2)cc1. The lowest BCUT2D eigenvalue weighted by molar-refractivity contribution is 0.445. The average Bonchev–Trinajstić information content (AvgIpc) is 2.92. The van der Waals surface area contributed by atoms with Crippen LogP contribution in [0.15, 0.2) is 43.0 Å². The van der Waals surface area contributed by atoms with Gasteiger partial charge in [-0.25, -0.2) is 4.98 Å². The molecule has 0 amide bonds. The fourth-order valence-corrected chi connectivity index (χ4v) is 2.17. The fraction of sp³-hybridized carbons (Fsp3) is 0.438. The smallest absolute Gasteiger partial charge is 0.0946 e. The van der Waals surface area contributed by atoms with Crippen molar-refractivity contribution in [1.29, 1.82) is 0 Å². The molecule has 0 saturated heterocycles. The van der Waals surface area contributed by atoms with E-state index in [9.17, 15) is 0 Å². The Hall–Kier alpha value is -1.61. The molecule has 0 fully saturated rings. The first kappa shape index (κ1) is 13.8. The van der Waals surface area contributed by atoms with E-state index in [0.717, 1.165) is 26.1 Å². The minimum atomic E-state index is 0.601. The van der Waals surface area contributed by atoms with Gasteiger partial charge in [0.1, 0.15) is 0 Å². The lowest BCUT2D eigenvalue weighted by Crippen LogP contribution is -2.23. The highest BCUT2D eigenvalue weighted by Gasteiger charge is 2.02. The molecule has 2 rings (SSSR count). The number of hydrogen-bond donors (Lipinski definition) is 1. The molecule has 1 unspecified atom stereocenters. The van der Waals surface area contributed by atoms with E-state index < -0.39 is 0 Å². The van der Waals surface area contributed by atoms with Gasteiger partial charge in [0.2, 0.25) is 0 Å². The van der Waals surface area contributed by atoms with Gasteiger partial charge in [0.15, 0.2) is 0 Å². The molecule has 0 spiro atoms. The molecular weight excluding hydrogens is 234 g/mol. The van der Waals surface area contributed by atoms with Gasteiger partial charge in [-0.1, -0.05) is 38.1 Å². The third kappa shape index (κ3) is 4.52. The summed E-state index contributed by atoms with van der Waals surface area (Å²) in [6.07, 6.45) is 6.82. The Morgan fingerprint density at radius 1 is 1.21 bits per heavy atom. The van der Waals surface area contributed by atoms with Gasteiger partial charge in [0.25, 0.3) is 0 Å². The summed E-state index contributed by atoms with van der Waals surface area (Å²) >= 11 is 0. The Bertz CT molecular complexity index is 459. The average molecular weight is 257 g/mol. The number of imidazole rings is 1. The first-order valence-corrected chi connectivity index (χ1v) is 7.02. The van der Waals surface area contributed by atoms with Crippen LogP contribution in [0.4, 0.5) is 0 Å². The predicted molar refractivity (Wildman–Crippen MR) is 78.9 cm³/mol. The number of aryl methyl sites for hydroxylation is 1. The zero-order chi connectivity index (χ0) is 13.5. The summed E-state index contributed by atoms with van der Waals surface area (Å²) in [6.45, 7) is 7.42. The molecule has 0 aliphatic carbocycles. The van der Waals surface area contributed by atoms with E-state index in [2.05, 4.69) is 53.0 Å². The number of rotatable bonds is 7. The van der Waals surface area contributed by atoms with Crippen LogP contribution in [-0.4, -0.2) is 16.1 Å². The maximum atomic E-state index is 4.06. The van der Waals surface area contributed by atoms with Crippen molar-refractivity contribution in [2.45, 2.75) is 33.4 Å². The Kier molecular flexibility index (Phi) is 5.16. The maximum Gasteiger partial charge on any atom is 0.0946 e. The topological polar surface area (TPSA) is 29.9 Å². The van der Waals surface area contributed by atoms with E-state index in [0.29, 0.717) is 5.92 Å². The van der Waals surface area contributed by atoms with Crippen LogP contribution in [0.3, 0.4) is 0 Å². The van der Waals surface area contributed by atoms with Gasteiger partial charge >= 0.3 is 0 Å². The monoisotopic (exact) mass is 257 g/mol. The molecule has 0 saturated carbocycles. The molecule has 0 radical (unpaired) electrons. The van der Waals surface area contributed by atoms with E-state index in [4.69, 9.17) is 0 Å². The molecule has 2 aromatic rings. The highest BCUT2D eigenvalue weighted by atomic mass is 15.0. The number of hydrogen-bond acceptors (Lipinski definition) is 2. The van der Waals surface area contributed by atoms with Crippen molar-refractivity contribution in [3.63, 3.8) is 0 Å². The standard InChI is InChI=1S/C16H23N3/c1-3-15-4-6-16(7-5-15)11-18-10-14(2)12-19-9-8-17-13-19/h4-9,13-14,18H,3,10-12H2,1-2H3. The molecule has 1 atom stereocenters. The Morgan fingerprint density at radius 2 is 1.95 bits per heavy atom. The largest absolute Gasteiger partial charge is 0.337 e. The van der Waals surface area contributed by atoms with Crippen LogP contribution in [0.5, 0.6) is 0 Å². The van der Waals surface area contributed by atoms with Gasteiger partial charge in [0, 0.05) is 25.5 Å². The summed E-state index contributed by atoms with van der Waals surface area (Å²) in [7, 11) is 0. The molecule has 3 nitrogen and oxygen atoms in total. The summed E-state index contributed by atoms with van der Waals surface area (Å²) < 4.78 is 2.13. The van der Waals surface area contributed by atoms with Gasteiger partial charge in [0.05, 0.1) is 6.33 Å². The fourth-order valence-electron chi connectivity index (χ4n) is 2.17. The van der Waals surface area contributed by atoms with Crippen LogP contribution in [-0.2, 0) is 19.5 Å².